The highest BCUT2D eigenvalue weighted by atomic mass is 16.1. The Morgan fingerprint density at radius 2 is 1.60 bits per heavy atom. The van der Waals surface area contributed by atoms with Gasteiger partial charge in [-0.15, -0.1) is 0 Å². The molecule has 0 saturated heterocycles. The van der Waals surface area contributed by atoms with Crippen LogP contribution in [0.1, 0.15) is 58.3 Å². The van der Waals surface area contributed by atoms with E-state index in [1.165, 1.54) is 32.1 Å². The van der Waals surface area contributed by atoms with Crippen LogP contribution in [0.3, 0.4) is 0 Å². The molecular formula is C16H24N2O2. The first-order valence-corrected chi connectivity index (χ1v) is 7.92. The van der Waals surface area contributed by atoms with Crippen molar-refractivity contribution in [1.82, 2.24) is 0 Å². The van der Waals surface area contributed by atoms with Crippen molar-refractivity contribution in [2.45, 2.75) is 70.4 Å². The maximum absolute atomic E-state index is 10.7. The van der Waals surface area contributed by atoms with Crippen LogP contribution in [0.5, 0.6) is 0 Å². The molecule has 0 radical (unpaired) electrons. The van der Waals surface area contributed by atoms with Gasteiger partial charge < -0.3 is 0 Å². The SMILES string of the molecule is CC(C1CCCCC1)C1CCCC(N=C=O)C1N=C=O. The third kappa shape index (κ3) is 3.45. The van der Waals surface area contributed by atoms with Gasteiger partial charge in [0.25, 0.3) is 0 Å². The molecule has 0 N–H and O–H groups in total. The fourth-order valence-electron chi connectivity index (χ4n) is 4.22. The van der Waals surface area contributed by atoms with Crippen LogP contribution in [0.15, 0.2) is 9.98 Å². The van der Waals surface area contributed by atoms with E-state index in [9.17, 15) is 9.59 Å². The minimum Gasteiger partial charge on any atom is -0.211 e. The molecule has 0 amide bonds. The van der Waals surface area contributed by atoms with E-state index in [-0.39, 0.29) is 12.1 Å². The number of carbonyl (C=O) groups excluding carboxylic acids is 2. The van der Waals surface area contributed by atoms with Crippen LogP contribution in [0.25, 0.3) is 0 Å². The van der Waals surface area contributed by atoms with Gasteiger partial charge in [-0.1, -0.05) is 45.4 Å². The fourth-order valence-corrected chi connectivity index (χ4v) is 4.22. The number of aliphatic imine (C=N–C) groups is 2. The molecule has 0 aromatic carbocycles. The zero-order valence-corrected chi connectivity index (χ0v) is 12.3. The summed E-state index contributed by atoms with van der Waals surface area (Å²) >= 11 is 0. The van der Waals surface area contributed by atoms with Gasteiger partial charge >= 0.3 is 0 Å². The molecule has 0 spiro atoms. The average molecular weight is 276 g/mol. The summed E-state index contributed by atoms with van der Waals surface area (Å²) in [4.78, 5) is 29.2. The van der Waals surface area contributed by atoms with Crippen molar-refractivity contribution in [3.63, 3.8) is 0 Å². The Morgan fingerprint density at radius 3 is 2.25 bits per heavy atom. The molecular weight excluding hydrogens is 252 g/mol. The summed E-state index contributed by atoms with van der Waals surface area (Å²) in [7, 11) is 0. The Kier molecular flexibility index (Phi) is 5.70. The quantitative estimate of drug-likeness (QED) is 0.583. The zero-order valence-electron chi connectivity index (χ0n) is 12.3. The molecule has 0 aromatic heterocycles. The minimum absolute atomic E-state index is 0.167. The number of isocyanates is 2. The number of hydrogen-bond acceptors (Lipinski definition) is 4. The third-order valence-corrected chi connectivity index (χ3v) is 5.36. The summed E-state index contributed by atoms with van der Waals surface area (Å²) in [6, 6.07) is -0.335. The first-order valence-electron chi connectivity index (χ1n) is 7.92. The van der Waals surface area contributed by atoms with Crippen LogP contribution >= 0.6 is 0 Å². The van der Waals surface area contributed by atoms with Gasteiger partial charge in [0.1, 0.15) is 0 Å². The Bertz CT molecular complexity index is 405. The van der Waals surface area contributed by atoms with E-state index < -0.39 is 0 Å². The largest absolute Gasteiger partial charge is 0.235 e. The van der Waals surface area contributed by atoms with E-state index in [2.05, 4.69) is 16.9 Å². The molecule has 2 fully saturated rings. The molecule has 110 valence electrons. The molecule has 0 bridgehead atoms. The van der Waals surface area contributed by atoms with Gasteiger partial charge in [-0.3, -0.25) is 0 Å². The van der Waals surface area contributed by atoms with Crippen molar-refractivity contribution in [2.24, 2.45) is 27.7 Å². The van der Waals surface area contributed by atoms with Gasteiger partial charge in [-0.05, 0) is 30.6 Å². The van der Waals surface area contributed by atoms with Crippen LogP contribution in [0.2, 0.25) is 0 Å². The predicted octanol–water partition coefficient (Wildman–Crippen LogP) is 3.41. The second-order valence-corrected chi connectivity index (χ2v) is 6.35. The summed E-state index contributed by atoms with van der Waals surface area (Å²) in [6.07, 6.45) is 12.9. The summed E-state index contributed by atoms with van der Waals surface area (Å²) in [6.45, 7) is 2.29. The average Bonchev–Trinajstić information content (AvgIpc) is 2.49. The lowest BCUT2D eigenvalue weighted by Crippen LogP contribution is -2.40. The normalized spacial score (nSPS) is 32.8. The summed E-state index contributed by atoms with van der Waals surface area (Å²) < 4.78 is 0. The molecule has 2 aliphatic rings. The molecule has 4 heteroatoms. The molecule has 0 aromatic rings. The van der Waals surface area contributed by atoms with Gasteiger partial charge in [0.05, 0.1) is 12.1 Å². The lowest BCUT2D eigenvalue weighted by atomic mass is 9.67. The molecule has 0 aliphatic heterocycles. The van der Waals surface area contributed by atoms with Gasteiger partial charge in [0.15, 0.2) is 0 Å². The molecule has 4 nitrogen and oxygen atoms in total. The van der Waals surface area contributed by atoms with Gasteiger partial charge in [-0.2, -0.15) is 4.99 Å². The van der Waals surface area contributed by atoms with E-state index in [4.69, 9.17) is 0 Å². The molecule has 2 aliphatic carbocycles. The van der Waals surface area contributed by atoms with Crippen molar-refractivity contribution >= 4 is 12.2 Å². The molecule has 0 heterocycles. The molecule has 4 atom stereocenters. The maximum atomic E-state index is 10.7. The van der Waals surface area contributed by atoms with Crippen molar-refractivity contribution in [3.05, 3.63) is 0 Å². The molecule has 4 unspecified atom stereocenters. The third-order valence-electron chi connectivity index (χ3n) is 5.36. The molecule has 20 heavy (non-hydrogen) atoms. The van der Waals surface area contributed by atoms with E-state index in [1.54, 1.807) is 12.2 Å². The summed E-state index contributed by atoms with van der Waals surface area (Å²) in [5, 5.41) is 0. The Balaban J connectivity index is 2.13. The highest BCUT2D eigenvalue weighted by molar-refractivity contribution is 5.36. The van der Waals surface area contributed by atoms with E-state index in [1.807, 2.05) is 0 Å². The van der Waals surface area contributed by atoms with Crippen molar-refractivity contribution in [1.29, 1.82) is 0 Å². The van der Waals surface area contributed by atoms with Crippen molar-refractivity contribution in [2.75, 3.05) is 0 Å². The van der Waals surface area contributed by atoms with Crippen molar-refractivity contribution in [3.8, 4) is 0 Å². The molecule has 2 rings (SSSR count). The second-order valence-electron chi connectivity index (χ2n) is 6.35. The number of hydrogen-bond donors (Lipinski definition) is 0. The highest BCUT2D eigenvalue weighted by Crippen LogP contribution is 2.41. The summed E-state index contributed by atoms with van der Waals surface area (Å²) in [5.74, 6) is 1.63. The second kappa shape index (κ2) is 7.52. The number of rotatable bonds is 4. The van der Waals surface area contributed by atoms with Gasteiger partial charge in [-0.25, -0.2) is 14.6 Å². The van der Waals surface area contributed by atoms with Crippen LogP contribution in [0, 0.1) is 17.8 Å². The fraction of sp³-hybridized carbons (Fsp3) is 0.875. The van der Waals surface area contributed by atoms with Gasteiger partial charge in [0, 0.05) is 0 Å². The molecule has 2 saturated carbocycles. The Labute approximate surface area is 120 Å². The monoisotopic (exact) mass is 276 g/mol. The number of nitrogens with zero attached hydrogens (tertiary/aromatic N) is 2. The maximum Gasteiger partial charge on any atom is 0.235 e. The standard InChI is InChI=1S/C16H24N2O2/c1-12(13-6-3-2-4-7-13)14-8-5-9-15(17-10-19)16(14)18-11-20/h12-16H,2-9H2,1H3. The smallest absolute Gasteiger partial charge is 0.211 e. The van der Waals surface area contributed by atoms with Crippen LogP contribution < -0.4 is 0 Å². The highest BCUT2D eigenvalue weighted by Gasteiger charge is 2.39. The van der Waals surface area contributed by atoms with Crippen molar-refractivity contribution < 1.29 is 9.59 Å². The topological polar surface area (TPSA) is 58.9 Å². The van der Waals surface area contributed by atoms with E-state index in [0.717, 1.165) is 25.2 Å². The van der Waals surface area contributed by atoms with E-state index in [0.29, 0.717) is 11.8 Å². The zero-order chi connectivity index (χ0) is 14.4. The van der Waals surface area contributed by atoms with Crippen LogP contribution in [-0.4, -0.2) is 24.2 Å². The summed E-state index contributed by atoms with van der Waals surface area (Å²) in [5.41, 5.74) is 0. The lowest BCUT2D eigenvalue weighted by molar-refractivity contribution is 0.132. The minimum atomic E-state index is -0.168. The van der Waals surface area contributed by atoms with Gasteiger partial charge in [0.2, 0.25) is 12.2 Å². The first kappa shape index (κ1) is 15.2. The predicted molar refractivity (Wildman–Crippen MR) is 76.9 cm³/mol. The Hall–Kier alpha value is -1.24. The Morgan fingerprint density at radius 1 is 0.900 bits per heavy atom. The van der Waals surface area contributed by atoms with Crippen LogP contribution in [0.4, 0.5) is 0 Å². The van der Waals surface area contributed by atoms with Crippen LogP contribution in [-0.2, 0) is 9.59 Å². The lowest BCUT2D eigenvalue weighted by Gasteiger charge is -2.40. The first-order chi connectivity index (χ1) is 9.77. The van der Waals surface area contributed by atoms with E-state index >= 15 is 0 Å².